The van der Waals surface area contributed by atoms with E-state index in [0.717, 1.165) is 11.1 Å². The van der Waals surface area contributed by atoms with Gasteiger partial charge in [0.25, 0.3) is 5.91 Å². The molecule has 34 heavy (non-hydrogen) atoms. The molecule has 0 saturated carbocycles. The maximum atomic E-state index is 13.4. The van der Waals surface area contributed by atoms with Crippen molar-refractivity contribution >= 4 is 29.1 Å². The van der Waals surface area contributed by atoms with Gasteiger partial charge in [0, 0.05) is 16.4 Å². The van der Waals surface area contributed by atoms with Crippen molar-refractivity contribution in [2.45, 2.75) is 19.6 Å². The summed E-state index contributed by atoms with van der Waals surface area (Å²) >= 11 is 5.98. The van der Waals surface area contributed by atoms with Crippen LogP contribution in [0.1, 0.15) is 24.1 Å². The van der Waals surface area contributed by atoms with Crippen LogP contribution in [0.2, 0.25) is 5.02 Å². The van der Waals surface area contributed by atoms with E-state index in [2.05, 4.69) is 26.2 Å². The number of allylic oxidation sites excluding steroid dienone is 1. The molecule has 1 aliphatic heterocycles. The van der Waals surface area contributed by atoms with Gasteiger partial charge in [0.15, 0.2) is 0 Å². The normalized spacial score (nSPS) is 14.8. The molecule has 0 unspecified atom stereocenters. The van der Waals surface area contributed by atoms with Gasteiger partial charge < -0.3 is 15.4 Å². The Hall–Kier alpha value is -4.17. The highest BCUT2D eigenvalue weighted by molar-refractivity contribution is 6.30. The van der Waals surface area contributed by atoms with E-state index in [-0.39, 0.29) is 5.91 Å². The van der Waals surface area contributed by atoms with Crippen molar-refractivity contribution in [2.24, 2.45) is 0 Å². The van der Waals surface area contributed by atoms with Gasteiger partial charge in [-0.1, -0.05) is 59.2 Å². The molecule has 1 aliphatic rings. The van der Waals surface area contributed by atoms with Crippen LogP contribution in [-0.4, -0.2) is 26.1 Å². The van der Waals surface area contributed by atoms with Crippen molar-refractivity contribution in [1.29, 1.82) is 0 Å². The molecule has 1 aromatic heterocycles. The number of rotatable bonds is 6. The van der Waals surface area contributed by atoms with Crippen LogP contribution >= 0.6 is 11.6 Å². The molecule has 1 atom stereocenters. The second kappa shape index (κ2) is 9.36. The summed E-state index contributed by atoms with van der Waals surface area (Å²) in [4.78, 5) is 13.4. The summed E-state index contributed by atoms with van der Waals surface area (Å²) in [6.45, 7) is 2.27. The SMILES string of the molecule is CC1=C(C(=O)Nc2ccc(Cl)cc2)[C@@H](c2cccc(OCc3ccccc3)c2)n2nnnc2N1. The lowest BCUT2D eigenvalue weighted by Crippen LogP contribution is -2.31. The summed E-state index contributed by atoms with van der Waals surface area (Å²) in [6.07, 6.45) is 0. The van der Waals surface area contributed by atoms with Gasteiger partial charge in [0.1, 0.15) is 18.4 Å². The number of anilines is 2. The quantitative estimate of drug-likeness (QED) is 0.417. The van der Waals surface area contributed by atoms with E-state index >= 15 is 0 Å². The van der Waals surface area contributed by atoms with Gasteiger partial charge in [-0.3, -0.25) is 4.79 Å². The van der Waals surface area contributed by atoms with Crippen LogP contribution in [-0.2, 0) is 11.4 Å². The van der Waals surface area contributed by atoms with Gasteiger partial charge in [0.2, 0.25) is 5.95 Å². The summed E-state index contributed by atoms with van der Waals surface area (Å²) < 4.78 is 7.61. The summed E-state index contributed by atoms with van der Waals surface area (Å²) in [7, 11) is 0. The summed E-state index contributed by atoms with van der Waals surface area (Å²) in [6, 6.07) is 24.0. The lowest BCUT2D eigenvalue weighted by atomic mass is 9.95. The minimum atomic E-state index is -0.543. The van der Waals surface area contributed by atoms with Gasteiger partial charge in [-0.25, -0.2) is 0 Å². The zero-order chi connectivity index (χ0) is 23.5. The zero-order valence-electron chi connectivity index (χ0n) is 18.3. The van der Waals surface area contributed by atoms with Crippen LogP contribution in [0.15, 0.2) is 90.1 Å². The number of hydrogen-bond acceptors (Lipinski definition) is 6. The van der Waals surface area contributed by atoms with Gasteiger partial charge in [0.05, 0.1) is 5.57 Å². The third-order valence-electron chi connectivity index (χ3n) is 5.48. The maximum absolute atomic E-state index is 13.4. The maximum Gasteiger partial charge on any atom is 0.255 e. The number of nitrogens with zero attached hydrogens (tertiary/aromatic N) is 4. The largest absolute Gasteiger partial charge is 0.489 e. The standard InChI is InChI=1S/C25H21ClN6O2/c1-16-22(24(33)28-20-12-10-19(26)11-13-20)23(32-25(27-16)29-30-31-32)18-8-5-9-21(14-18)34-15-17-6-3-2-4-7-17/h2-14,23H,15H2,1H3,(H,28,33)(H,27,29,31)/t23-/m1/s1. The second-order valence-electron chi connectivity index (χ2n) is 7.82. The first-order valence-electron chi connectivity index (χ1n) is 10.7. The molecular formula is C25H21ClN6O2. The van der Waals surface area contributed by atoms with Crippen LogP contribution in [0, 0.1) is 0 Å². The van der Waals surface area contributed by atoms with Crippen molar-refractivity contribution in [3.63, 3.8) is 0 Å². The molecule has 0 bridgehead atoms. The minimum Gasteiger partial charge on any atom is -0.489 e. The van der Waals surface area contributed by atoms with E-state index in [0.29, 0.717) is 40.3 Å². The lowest BCUT2D eigenvalue weighted by Gasteiger charge is -2.28. The fraction of sp³-hybridized carbons (Fsp3) is 0.120. The van der Waals surface area contributed by atoms with Crippen molar-refractivity contribution < 1.29 is 9.53 Å². The predicted molar refractivity (Wildman–Crippen MR) is 130 cm³/mol. The Labute approximate surface area is 201 Å². The molecule has 3 aromatic carbocycles. The fourth-order valence-electron chi connectivity index (χ4n) is 3.86. The summed E-state index contributed by atoms with van der Waals surface area (Å²) in [5.41, 5.74) is 3.68. The Morgan fingerprint density at radius 2 is 1.88 bits per heavy atom. The van der Waals surface area contributed by atoms with Crippen molar-refractivity contribution in [3.8, 4) is 5.75 Å². The highest BCUT2D eigenvalue weighted by atomic mass is 35.5. The molecule has 4 aromatic rings. The molecule has 2 N–H and O–H groups in total. The fourth-order valence-corrected chi connectivity index (χ4v) is 3.99. The number of benzene rings is 3. The summed E-state index contributed by atoms with van der Waals surface area (Å²) in [5, 5.41) is 18.6. The number of tetrazole rings is 1. The number of fused-ring (bicyclic) bond motifs is 1. The van der Waals surface area contributed by atoms with Gasteiger partial charge >= 0.3 is 0 Å². The Balaban J connectivity index is 1.46. The minimum absolute atomic E-state index is 0.269. The number of amides is 1. The Bertz CT molecular complexity index is 1350. The molecule has 2 heterocycles. The van der Waals surface area contributed by atoms with Crippen LogP contribution in [0.5, 0.6) is 5.75 Å². The third kappa shape index (κ3) is 4.49. The van der Waals surface area contributed by atoms with Crippen molar-refractivity contribution in [3.05, 3.63) is 106 Å². The molecule has 5 rings (SSSR count). The molecule has 170 valence electrons. The number of carbonyl (C=O) groups excluding carboxylic acids is 1. The van der Waals surface area contributed by atoms with Crippen molar-refractivity contribution in [2.75, 3.05) is 10.6 Å². The first-order valence-corrected chi connectivity index (χ1v) is 11.1. The number of aromatic nitrogens is 4. The first kappa shape index (κ1) is 21.7. The van der Waals surface area contributed by atoms with Gasteiger partial charge in [-0.15, -0.1) is 0 Å². The van der Waals surface area contributed by atoms with E-state index < -0.39 is 6.04 Å². The second-order valence-corrected chi connectivity index (χ2v) is 8.26. The number of carbonyl (C=O) groups is 1. The molecule has 0 fully saturated rings. The van der Waals surface area contributed by atoms with E-state index in [1.807, 2.05) is 61.5 Å². The van der Waals surface area contributed by atoms with Crippen LogP contribution in [0.3, 0.4) is 0 Å². The van der Waals surface area contributed by atoms with E-state index in [9.17, 15) is 4.79 Å². The van der Waals surface area contributed by atoms with E-state index in [1.165, 1.54) is 0 Å². The van der Waals surface area contributed by atoms with Gasteiger partial charge in [-0.2, -0.15) is 4.68 Å². The topological polar surface area (TPSA) is 94.0 Å². The molecule has 8 nitrogen and oxygen atoms in total. The predicted octanol–water partition coefficient (Wildman–Crippen LogP) is 4.83. The van der Waals surface area contributed by atoms with Crippen LogP contribution in [0.4, 0.5) is 11.6 Å². The molecule has 0 spiro atoms. The first-order chi connectivity index (χ1) is 16.6. The van der Waals surface area contributed by atoms with E-state index in [1.54, 1.807) is 28.9 Å². The molecular weight excluding hydrogens is 452 g/mol. The molecule has 0 aliphatic carbocycles. The zero-order valence-corrected chi connectivity index (χ0v) is 19.0. The molecule has 0 radical (unpaired) electrons. The van der Waals surface area contributed by atoms with Crippen LogP contribution in [0.25, 0.3) is 0 Å². The Morgan fingerprint density at radius 3 is 2.68 bits per heavy atom. The Kier molecular flexibility index (Phi) is 5.97. The summed E-state index contributed by atoms with van der Waals surface area (Å²) in [5.74, 6) is 0.875. The molecule has 1 amide bonds. The van der Waals surface area contributed by atoms with E-state index in [4.69, 9.17) is 16.3 Å². The van der Waals surface area contributed by atoms with Crippen LogP contribution < -0.4 is 15.4 Å². The number of nitrogens with one attached hydrogen (secondary N) is 2. The Morgan fingerprint density at radius 1 is 1.09 bits per heavy atom. The molecule has 9 heteroatoms. The highest BCUT2D eigenvalue weighted by Crippen LogP contribution is 2.36. The molecule has 0 saturated heterocycles. The monoisotopic (exact) mass is 472 g/mol. The average molecular weight is 473 g/mol. The number of ether oxygens (including phenoxy) is 1. The number of hydrogen-bond donors (Lipinski definition) is 2. The lowest BCUT2D eigenvalue weighted by molar-refractivity contribution is -0.113. The van der Waals surface area contributed by atoms with Gasteiger partial charge in [-0.05, 0) is 64.9 Å². The smallest absolute Gasteiger partial charge is 0.255 e. The number of halogens is 1. The third-order valence-corrected chi connectivity index (χ3v) is 5.73. The average Bonchev–Trinajstić information content (AvgIpc) is 3.32. The highest BCUT2D eigenvalue weighted by Gasteiger charge is 2.34. The van der Waals surface area contributed by atoms with Crippen molar-refractivity contribution in [1.82, 2.24) is 20.2 Å².